The van der Waals surface area contributed by atoms with Gasteiger partial charge in [0.1, 0.15) is 11.5 Å². The van der Waals surface area contributed by atoms with Gasteiger partial charge in [-0.25, -0.2) is 24.6 Å². The van der Waals surface area contributed by atoms with Crippen LogP contribution in [-0.2, 0) is 6.42 Å². The summed E-state index contributed by atoms with van der Waals surface area (Å²) in [5, 5.41) is 16.4. The molecule has 0 radical (unpaired) electrons. The van der Waals surface area contributed by atoms with Gasteiger partial charge in [-0.1, -0.05) is 18.9 Å². The van der Waals surface area contributed by atoms with Crippen LogP contribution in [0.1, 0.15) is 59.5 Å². The van der Waals surface area contributed by atoms with Gasteiger partial charge in [0, 0.05) is 17.2 Å². The fourth-order valence-electron chi connectivity index (χ4n) is 5.30. The predicted octanol–water partition coefficient (Wildman–Crippen LogP) is 4.38. The number of pyridine rings is 2. The van der Waals surface area contributed by atoms with Gasteiger partial charge in [-0.3, -0.25) is 0 Å². The molecule has 1 aliphatic heterocycles. The third-order valence-corrected chi connectivity index (χ3v) is 6.70. The van der Waals surface area contributed by atoms with Crippen molar-refractivity contribution in [1.82, 2.24) is 9.97 Å². The lowest BCUT2D eigenvalue weighted by Gasteiger charge is -2.33. The maximum atomic E-state index is 11.3. The maximum Gasteiger partial charge on any atom is 0.354 e. The molecular weight excluding hydrogens is 378 g/mol. The second-order valence-corrected chi connectivity index (χ2v) is 8.39. The Balaban J connectivity index is 1.59. The number of anilines is 1. The highest BCUT2D eigenvalue weighted by molar-refractivity contribution is 6.07. The van der Waals surface area contributed by atoms with E-state index in [4.69, 9.17) is 16.7 Å². The number of fused-ring (bicyclic) bond motifs is 3. The van der Waals surface area contributed by atoms with Gasteiger partial charge in [-0.05, 0) is 56.7 Å². The van der Waals surface area contributed by atoms with E-state index >= 15 is 0 Å². The number of aryl methyl sites for hydroxylation is 2. The van der Waals surface area contributed by atoms with Gasteiger partial charge in [-0.15, -0.1) is 0 Å². The molecule has 0 aromatic carbocycles. The first-order chi connectivity index (χ1) is 14.6. The Labute approximate surface area is 175 Å². The quantitative estimate of drug-likeness (QED) is 0.772. The average Bonchev–Trinajstić information content (AvgIpc) is 3.40. The van der Waals surface area contributed by atoms with E-state index in [0.29, 0.717) is 17.5 Å². The smallest absolute Gasteiger partial charge is 0.354 e. The van der Waals surface area contributed by atoms with Crippen molar-refractivity contribution in [3.05, 3.63) is 58.3 Å². The molecule has 30 heavy (non-hydrogen) atoms. The molecule has 2 aromatic heterocycles. The SMILES string of the molecule is [C-]#[N+]c1ccc(N2N=C3c4ccc(C(=O)O)nc4CCC3C2C2CCCC2)nc1C. The summed E-state index contributed by atoms with van der Waals surface area (Å²) in [6, 6.07) is 7.42. The molecule has 3 aliphatic rings. The van der Waals surface area contributed by atoms with Crippen LogP contribution in [0.15, 0.2) is 29.4 Å². The van der Waals surface area contributed by atoms with Crippen LogP contribution in [-0.4, -0.2) is 32.8 Å². The number of carboxylic acid groups (broad SMARTS) is 1. The van der Waals surface area contributed by atoms with Gasteiger partial charge in [0.05, 0.1) is 24.0 Å². The van der Waals surface area contributed by atoms with Crippen LogP contribution < -0.4 is 5.01 Å². The third-order valence-electron chi connectivity index (χ3n) is 6.70. The molecular formula is C23H23N5O2. The molecule has 1 N–H and O–H groups in total. The number of nitrogens with zero attached hydrogens (tertiary/aromatic N) is 5. The summed E-state index contributed by atoms with van der Waals surface area (Å²) >= 11 is 0. The highest BCUT2D eigenvalue weighted by Crippen LogP contribution is 2.44. The van der Waals surface area contributed by atoms with Gasteiger partial charge in [0.25, 0.3) is 0 Å². The van der Waals surface area contributed by atoms with Crippen LogP contribution in [0.3, 0.4) is 0 Å². The minimum Gasteiger partial charge on any atom is -0.477 e. The van der Waals surface area contributed by atoms with E-state index in [1.54, 1.807) is 6.07 Å². The molecule has 2 atom stereocenters. The highest BCUT2D eigenvalue weighted by atomic mass is 16.4. The van der Waals surface area contributed by atoms with Crippen LogP contribution in [0.5, 0.6) is 0 Å². The molecule has 7 nitrogen and oxygen atoms in total. The van der Waals surface area contributed by atoms with Gasteiger partial charge < -0.3 is 5.11 Å². The molecule has 2 aliphatic carbocycles. The molecule has 0 saturated heterocycles. The number of aromatic nitrogens is 2. The fourth-order valence-corrected chi connectivity index (χ4v) is 5.30. The lowest BCUT2D eigenvalue weighted by atomic mass is 9.76. The number of hydrogen-bond acceptors (Lipinski definition) is 5. The number of aromatic carboxylic acids is 1. The van der Waals surface area contributed by atoms with E-state index < -0.39 is 5.97 Å². The number of hydrazone groups is 1. The number of hydrogen-bond donors (Lipinski definition) is 1. The largest absolute Gasteiger partial charge is 0.477 e. The Kier molecular flexibility index (Phi) is 4.50. The van der Waals surface area contributed by atoms with E-state index in [9.17, 15) is 9.90 Å². The van der Waals surface area contributed by atoms with E-state index in [-0.39, 0.29) is 11.7 Å². The first-order valence-corrected chi connectivity index (χ1v) is 10.5. The Morgan fingerprint density at radius 3 is 2.67 bits per heavy atom. The summed E-state index contributed by atoms with van der Waals surface area (Å²) in [6.45, 7) is 9.16. The van der Waals surface area contributed by atoms with Crippen molar-refractivity contribution in [2.75, 3.05) is 5.01 Å². The number of carboxylic acids is 1. The Bertz CT molecular complexity index is 1100. The summed E-state index contributed by atoms with van der Waals surface area (Å²) in [5.41, 5.74) is 4.17. The zero-order chi connectivity index (χ0) is 20.8. The molecule has 152 valence electrons. The van der Waals surface area contributed by atoms with Gasteiger partial charge >= 0.3 is 5.97 Å². The molecule has 0 bridgehead atoms. The van der Waals surface area contributed by atoms with Crippen molar-refractivity contribution in [3.63, 3.8) is 0 Å². The molecule has 3 heterocycles. The molecule has 5 rings (SSSR count). The van der Waals surface area contributed by atoms with E-state index in [2.05, 4.69) is 14.8 Å². The van der Waals surface area contributed by atoms with E-state index in [1.165, 1.54) is 25.7 Å². The first kappa shape index (κ1) is 18.7. The minimum absolute atomic E-state index is 0.0852. The zero-order valence-corrected chi connectivity index (χ0v) is 16.9. The summed E-state index contributed by atoms with van der Waals surface area (Å²) < 4.78 is 0. The second kappa shape index (κ2) is 7.21. The van der Waals surface area contributed by atoms with Gasteiger partial charge in [-0.2, -0.15) is 5.10 Å². The molecule has 1 saturated carbocycles. The monoisotopic (exact) mass is 401 g/mol. The highest BCUT2D eigenvalue weighted by Gasteiger charge is 2.46. The lowest BCUT2D eigenvalue weighted by molar-refractivity contribution is 0.0690. The van der Waals surface area contributed by atoms with Crippen LogP contribution in [0.2, 0.25) is 0 Å². The maximum absolute atomic E-state index is 11.3. The molecule has 2 unspecified atom stereocenters. The van der Waals surface area contributed by atoms with Crippen molar-refractivity contribution in [3.8, 4) is 0 Å². The summed E-state index contributed by atoms with van der Waals surface area (Å²) in [7, 11) is 0. The topological polar surface area (TPSA) is 83.0 Å². The van der Waals surface area contributed by atoms with Gasteiger partial charge in [0.2, 0.25) is 5.69 Å². The minimum atomic E-state index is -1.00. The van der Waals surface area contributed by atoms with Crippen molar-refractivity contribution in [2.45, 2.75) is 51.5 Å². The Hall–Kier alpha value is -3.27. The average molecular weight is 401 g/mol. The van der Waals surface area contributed by atoms with E-state index in [1.807, 2.05) is 25.1 Å². The predicted molar refractivity (Wildman–Crippen MR) is 113 cm³/mol. The van der Waals surface area contributed by atoms with Gasteiger partial charge in [0.15, 0.2) is 0 Å². The Morgan fingerprint density at radius 2 is 1.97 bits per heavy atom. The van der Waals surface area contributed by atoms with Crippen molar-refractivity contribution in [1.29, 1.82) is 0 Å². The molecule has 2 aromatic rings. The summed E-state index contributed by atoms with van der Waals surface area (Å²) in [6.07, 6.45) is 6.57. The Morgan fingerprint density at radius 1 is 1.17 bits per heavy atom. The molecule has 0 amide bonds. The lowest BCUT2D eigenvalue weighted by Crippen LogP contribution is -2.41. The molecule has 0 spiro atoms. The number of carbonyl (C=O) groups is 1. The normalized spacial score (nSPS) is 22.9. The van der Waals surface area contributed by atoms with Crippen molar-refractivity contribution >= 4 is 23.2 Å². The first-order valence-electron chi connectivity index (χ1n) is 10.5. The summed E-state index contributed by atoms with van der Waals surface area (Å²) in [5.74, 6) is 0.640. The van der Waals surface area contributed by atoms with Crippen molar-refractivity contribution < 1.29 is 9.90 Å². The molecule has 7 heteroatoms. The van der Waals surface area contributed by atoms with Crippen LogP contribution in [0.25, 0.3) is 4.85 Å². The summed E-state index contributed by atoms with van der Waals surface area (Å²) in [4.78, 5) is 24.0. The van der Waals surface area contributed by atoms with Crippen LogP contribution >= 0.6 is 0 Å². The zero-order valence-electron chi connectivity index (χ0n) is 16.9. The standard InChI is InChI=1S/C23H23N5O2/c1-13-17(24-2)11-12-20(25-13)28-22(14-5-3-4-6-14)16-8-9-18-15(21(16)27-28)7-10-19(26-18)23(29)30/h7,10-12,14,16,22H,3-6,8-9H2,1H3,(H,29,30). The number of rotatable bonds is 3. The second-order valence-electron chi connectivity index (χ2n) is 8.39. The fraction of sp³-hybridized carbons (Fsp3) is 0.435. The van der Waals surface area contributed by atoms with Crippen LogP contribution in [0.4, 0.5) is 11.5 Å². The third kappa shape index (κ3) is 2.95. The van der Waals surface area contributed by atoms with E-state index in [0.717, 1.165) is 41.3 Å². The molecule has 1 fully saturated rings. The van der Waals surface area contributed by atoms with Crippen molar-refractivity contribution in [2.24, 2.45) is 16.9 Å². The van der Waals surface area contributed by atoms with Crippen LogP contribution in [0, 0.1) is 25.3 Å².